The van der Waals surface area contributed by atoms with Gasteiger partial charge < -0.3 is 99.2 Å². The number of ether oxygens (including phenoxy) is 8. The molecule has 428 valence electrons. The number of allylic oxidation sites excluding steroid dienone is 2. The number of carboxylic acid groups (broad SMARTS) is 1. The van der Waals surface area contributed by atoms with Crippen LogP contribution in [0.2, 0.25) is 0 Å². The summed E-state index contributed by atoms with van der Waals surface area (Å²) in [6.07, 6.45) is -26.4. The highest BCUT2D eigenvalue weighted by Gasteiger charge is 2.73. The molecule has 2 unspecified atom stereocenters. The summed E-state index contributed by atoms with van der Waals surface area (Å²) in [5.41, 5.74) is -3.18. The molecule has 3 saturated heterocycles. The van der Waals surface area contributed by atoms with E-state index in [1.54, 1.807) is 0 Å². The molecule has 0 aromatic carbocycles. The topological polar surface area (TPSA) is 368 Å². The molecule has 5 aliphatic carbocycles. The van der Waals surface area contributed by atoms with Gasteiger partial charge in [0.1, 0.15) is 86.0 Å². The van der Waals surface area contributed by atoms with Crippen LogP contribution in [0, 0.1) is 50.2 Å². The van der Waals surface area contributed by atoms with E-state index in [-0.39, 0.29) is 30.3 Å². The predicted molar refractivity (Wildman–Crippen MR) is 254 cm³/mol. The van der Waals surface area contributed by atoms with Gasteiger partial charge in [-0.2, -0.15) is 0 Å². The van der Waals surface area contributed by atoms with E-state index in [0.29, 0.717) is 38.5 Å². The van der Waals surface area contributed by atoms with Crippen LogP contribution in [0.25, 0.3) is 0 Å². The van der Waals surface area contributed by atoms with Gasteiger partial charge in [-0.1, -0.05) is 60.1 Å². The van der Waals surface area contributed by atoms with Crippen LogP contribution in [-0.4, -0.2) is 216 Å². The molecule has 8 rings (SSSR count). The summed E-state index contributed by atoms with van der Waals surface area (Å²) in [5, 5.41) is 132. The minimum atomic E-state index is -2.11. The van der Waals surface area contributed by atoms with Crippen LogP contribution in [0.15, 0.2) is 11.6 Å². The number of rotatable bonds is 12. The number of esters is 2. The van der Waals surface area contributed by atoms with Gasteiger partial charge >= 0.3 is 17.9 Å². The maximum Gasteiger partial charge on any atom is 0.335 e. The fourth-order valence-corrected chi connectivity index (χ4v) is 16.0. The molecular weight excluding hydrogens is 993 g/mol. The van der Waals surface area contributed by atoms with Gasteiger partial charge in [0.15, 0.2) is 25.0 Å². The van der Waals surface area contributed by atoms with Crippen LogP contribution in [0.5, 0.6) is 0 Å². The highest BCUT2D eigenvalue weighted by Crippen LogP contribution is 2.76. The first kappa shape index (κ1) is 58.6. The number of carbonyl (C=O) groups excluding carboxylic acids is 2. The van der Waals surface area contributed by atoms with Crippen LogP contribution in [0.1, 0.15) is 107 Å². The Hall–Kier alpha value is -2.53. The second-order valence-corrected chi connectivity index (χ2v) is 25.0. The lowest BCUT2D eigenvalue weighted by Gasteiger charge is -2.72. The lowest BCUT2D eigenvalue weighted by Crippen LogP contribution is -2.72. The summed E-state index contributed by atoms with van der Waals surface area (Å²) in [5.74, 6) is -3.30. The van der Waals surface area contributed by atoms with Gasteiger partial charge in [-0.3, -0.25) is 9.59 Å². The van der Waals surface area contributed by atoms with Gasteiger partial charge in [0.25, 0.3) is 0 Å². The molecule has 75 heavy (non-hydrogen) atoms. The summed E-state index contributed by atoms with van der Waals surface area (Å²) >= 11 is 0. The van der Waals surface area contributed by atoms with Crippen molar-refractivity contribution in [3.8, 4) is 0 Å². The molecule has 12 N–H and O–H groups in total. The van der Waals surface area contributed by atoms with E-state index in [0.717, 1.165) is 5.57 Å². The fraction of sp³-hybridized carbons (Fsp3) is 0.904. The summed E-state index contributed by atoms with van der Waals surface area (Å²) in [6, 6.07) is 0. The van der Waals surface area contributed by atoms with Crippen molar-refractivity contribution in [2.45, 2.75) is 224 Å². The van der Waals surface area contributed by atoms with E-state index in [4.69, 9.17) is 37.9 Å². The number of aliphatic hydroxyl groups is 11. The molecule has 3 heterocycles. The first-order chi connectivity index (χ1) is 34.9. The van der Waals surface area contributed by atoms with Gasteiger partial charge in [-0.25, -0.2) is 4.79 Å². The number of hydrogen-bond acceptors (Lipinski definition) is 22. The van der Waals surface area contributed by atoms with Gasteiger partial charge in [-0.05, 0) is 84.4 Å². The van der Waals surface area contributed by atoms with Crippen LogP contribution in [-0.2, 0) is 52.3 Å². The molecule has 7 fully saturated rings. The molecule has 8 aliphatic rings. The molecule has 0 spiro atoms. The van der Waals surface area contributed by atoms with E-state index in [2.05, 4.69) is 26.8 Å². The number of carboxylic acids is 1. The van der Waals surface area contributed by atoms with Gasteiger partial charge in [0.05, 0.1) is 30.8 Å². The zero-order chi connectivity index (χ0) is 55.4. The molecule has 3 aliphatic heterocycles. The predicted octanol–water partition coefficient (Wildman–Crippen LogP) is -1.24. The Morgan fingerprint density at radius 1 is 0.653 bits per heavy atom. The zero-order valence-electron chi connectivity index (χ0n) is 44.2. The van der Waals surface area contributed by atoms with Crippen LogP contribution in [0.4, 0.5) is 0 Å². The Bertz CT molecular complexity index is 2140. The van der Waals surface area contributed by atoms with Crippen molar-refractivity contribution in [2.24, 2.45) is 50.2 Å². The van der Waals surface area contributed by atoms with E-state index in [1.165, 1.54) is 13.8 Å². The zero-order valence-corrected chi connectivity index (χ0v) is 44.2. The average molecular weight is 1080 g/mol. The molecule has 23 nitrogen and oxygen atoms in total. The number of fused-ring (bicyclic) bond motifs is 7. The van der Waals surface area contributed by atoms with E-state index in [1.807, 2.05) is 27.7 Å². The maximum atomic E-state index is 13.1. The molecule has 0 amide bonds. The van der Waals surface area contributed by atoms with Crippen molar-refractivity contribution in [1.29, 1.82) is 0 Å². The van der Waals surface area contributed by atoms with Crippen molar-refractivity contribution >= 4 is 17.9 Å². The monoisotopic (exact) mass is 1070 g/mol. The van der Waals surface area contributed by atoms with Crippen molar-refractivity contribution in [3.05, 3.63) is 11.6 Å². The van der Waals surface area contributed by atoms with Gasteiger partial charge in [-0.15, -0.1) is 0 Å². The number of aliphatic hydroxyl groups excluding tert-OH is 11. The standard InChI is InChI=1S/C52H82O23/c1-21(55)68-20-52-24(16-47(3,4)42(41(52)65)69-22(2)56)23-10-11-28-49(7)14-13-30(48(5,6)27(49)12-15-50(28,8)51(23,9)17-29(52)57)72-46-39(74-45-36(63)34(61)32(59)26(19-54)71-45)37(64)38(40(75-46)43(66)67)73-44-35(62)33(60)31(58)25(18-53)70-44/h10,24-42,44-46,53-54,57-65H,11-20H2,1-9H3,(H,66,67)/t24-,25+,26+,27?,28?,29+,30-,31+,32+,33-,34-,35+,36+,37-,38-,39+,40-,41-,42-,44-,45-,46+,49-,50+,51+,52-/m0/s1. The van der Waals surface area contributed by atoms with Crippen molar-refractivity contribution in [1.82, 2.24) is 0 Å². The van der Waals surface area contributed by atoms with Crippen LogP contribution >= 0.6 is 0 Å². The second-order valence-electron chi connectivity index (χ2n) is 25.0. The average Bonchev–Trinajstić information content (AvgIpc) is 3.32. The minimum Gasteiger partial charge on any atom is -0.479 e. The molecule has 26 atom stereocenters. The Morgan fingerprint density at radius 3 is 1.76 bits per heavy atom. The molecule has 0 aromatic rings. The summed E-state index contributed by atoms with van der Waals surface area (Å²) in [7, 11) is 0. The second kappa shape index (κ2) is 20.9. The Kier molecular flexibility index (Phi) is 16.3. The first-order valence-corrected chi connectivity index (χ1v) is 26.4. The maximum absolute atomic E-state index is 13.1. The molecular formula is C52H82O23. The first-order valence-electron chi connectivity index (χ1n) is 26.4. The molecule has 0 aromatic heterocycles. The SMILES string of the molecule is CC(=O)OC[C@@]12[C@H](O)C[C@]3(C)C(=CCC4[C@@]5(C)CC[C@H](O[C@@H]6O[C@H](C(=O)O)[C@@H](O[C@@H]7O[C@H](CO)[C@@H](O)[C@H](O)[C@H]7O)[C@H](O)[C@H]6O[C@@H]6O[C@H](CO)[C@@H](O)[C@H](O)[C@H]6O)C(C)(C)C5CC[C@]43C)[C@@H]1CC(C)(C)[C@@H](OC(C)=O)[C@@H]2O. The minimum absolute atomic E-state index is 0.0351. The van der Waals surface area contributed by atoms with Crippen LogP contribution in [0.3, 0.4) is 0 Å². The summed E-state index contributed by atoms with van der Waals surface area (Å²) in [4.78, 5) is 37.9. The largest absolute Gasteiger partial charge is 0.479 e. The Morgan fingerprint density at radius 2 is 1.23 bits per heavy atom. The van der Waals surface area contributed by atoms with E-state index >= 15 is 0 Å². The molecule has 23 heteroatoms. The highest BCUT2D eigenvalue weighted by atomic mass is 16.8. The smallest absolute Gasteiger partial charge is 0.335 e. The van der Waals surface area contributed by atoms with Crippen molar-refractivity contribution in [2.75, 3.05) is 19.8 Å². The van der Waals surface area contributed by atoms with Crippen molar-refractivity contribution < 1.29 is 114 Å². The van der Waals surface area contributed by atoms with E-state index in [9.17, 15) is 75.7 Å². The molecule has 0 radical (unpaired) electrons. The van der Waals surface area contributed by atoms with Crippen molar-refractivity contribution in [3.63, 3.8) is 0 Å². The number of hydrogen-bond donors (Lipinski definition) is 12. The third-order valence-electron chi connectivity index (χ3n) is 20.2. The highest BCUT2D eigenvalue weighted by molar-refractivity contribution is 5.73. The fourth-order valence-electron chi connectivity index (χ4n) is 16.0. The Labute approximate surface area is 436 Å². The molecule has 0 bridgehead atoms. The number of aliphatic carboxylic acids is 1. The van der Waals surface area contributed by atoms with E-state index < -0.39 is 181 Å². The quantitative estimate of drug-likeness (QED) is 0.0618. The normalized spacial score (nSPS) is 51.2. The summed E-state index contributed by atoms with van der Waals surface area (Å²) in [6.45, 7) is 15.3. The lowest BCUT2D eigenvalue weighted by atomic mass is 9.33. The third kappa shape index (κ3) is 9.41. The van der Waals surface area contributed by atoms with Gasteiger partial charge in [0.2, 0.25) is 0 Å². The summed E-state index contributed by atoms with van der Waals surface area (Å²) < 4.78 is 47.5. The molecule has 4 saturated carbocycles. The number of carbonyl (C=O) groups is 3. The lowest BCUT2D eigenvalue weighted by molar-refractivity contribution is -0.391. The Balaban J connectivity index is 1.10. The van der Waals surface area contributed by atoms with Gasteiger partial charge in [0, 0.05) is 19.3 Å². The third-order valence-corrected chi connectivity index (χ3v) is 20.2. The van der Waals surface area contributed by atoms with Crippen LogP contribution < -0.4 is 0 Å².